The summed E-state index contributed by atoms with van der Waals surface area (Å²) >= 11 is 0. The Labute approximate surface area is 95.1 Å². The summed E-state index contributed by atoms with van der Waals surface area (Å²) in [5.74, 6) is -3.60. The van der Waals surface area contributed by atoms with Crippen molar-refractivity contribution in [3.8, 4) is 0 Å². The molecule has 0 fully saturated rings. The molecule has 0 aromatic rings. The van der Waals surface area contributed by atoms with Gasteiger partial charge in [-0.1, -0.05) is 20.8 Å². The van der Waals surface area contributed by atoms with E-state index in [1.54, 1.807) is 4.72 Å². The molecule has 0 atom stereocenters. The molecular formula is C9H19F2NO3S. The molecule has 2 N–H and O–H groups in total. The van der Waals surface area contributed by atoms with E-state index in [0.29, 0.717) is 6.42 Å². The van der Waals surface area contributed by atoms with Crippen LogP contribution in [-0.4, -0.2) is 38.4 Å². The minimum absolute atomic E-state index is 0.172. The molecule has 0 aliphatic rings. The lowest BCUT2D eigenvalue weighted by molar-refractivity contribution is -0.0437. The van der Waals surface area contributed by atoms with Crippen LogP contribution in [0.2, 0.25) is 0 Å². The van der Waals surface area contributed by atoms with Gasteiger partial charge in [0.25, 0.3) is 5.92 Å². The molecule has 0 radical (unpaired) electrons. The second kappa shape index (κ2) is 5.37. The van der Waals surface area contributed by atoms with Crippen molar-refractivity contribution in [1.29, 1.82) is 0 Å². The number of alkyl halides is 2. The van der Waals surface area contributed by atoms with Crippen molar-refractivity contribution >= 4 is 10.0 Å². The second-order valence-corrected chi connectivity index (χ2v) is 6.89. The SMILES string of the molecule is CC(C)(C)CCS(=O)(=O)NCC(F)(F)CO. The van der Waals surface area contributed by atoms with E-state index in [2.05, 4.69) is 0 Å². The standard InChI is InChI=1S/C9H19F2NO3S/c1-8(2,3)4-5-16(14,15)12-6-9(10,11)7-13/h12-13H,4-7H2,1-3H3. The molecular weight excluding hydrogens is 240 g/mol. The maximum Gasteiger partial charge on any atom is 0.283 e. The molecule has 0 aromatic heterocycles. The number of aliphatic hydroxyl groups excluding tert-OH is 1. The van der Waals surface area contributed by atoms with Crippen LogP contribution in [0.15, 0.2) is 0 Å². The highest BCUT2D eigenvalue weighted by Gasteiger charge is 2.29. The average molecular weight is 259 g/mol. The summed E-state index contributed by atoms with van der Waals surface area (Å²) in [6.07, 6.45) is 0.382. The maximum atomic E-state index is 12.6. The van der Waals surface area contributed by atoms with E-state index < -0.39 is 29.1 Å². The Hall–Kier alpha value is -0.270. The van der Waals surface area contributed by atoms with Crippen molar-refractivity contribution in [2.45, 2.75) is 33.1 Å². The third-order valence-electron chi connectivity index (χ3n) is 1.90. The first-order chi connectivity index (χ1) is 6.97. The number of nitrogens with one attached hydrogen (secondary N) is 1. The molecule has 0 rings (SSSR count). The van der Waals surface area contributed by atoms with Crippen molar-refractivity contribution in [2.24, 2.45) is 5.41 Å². The van der Waals surface area contributed by atoms with E-state index in [-0.39, 0.29) is 11.2 Å². The quantitative estimate of drug-likeness (QED) is 0.747. The van der Waals surface area contributed by atoms with Gasteiger partial charge in [0.2, 0.25) is 10.0 Å². The third kappa shape index (κ3) is 7.95. The number of halogens is 2. The summed E-state index contributed by atoms with van der Waals surface area (Å²) in [6.45, 7) is 3.17. The van der Waals surface area contributed by atoms with E-state index >= 15 is 0 Å². The first-order valence-electron chi connectivity index (χ1n) is 4.93. The Balaban J connectivity index is 4.18. The third-order valence-corrected chi connectivity index (χ3v) is 3.23. The zero-order chi connectivity index (χ0) is 13.0. The van der Waals surface area contributed by atoms with Crippen LogP contribution in [0.5, 0.6) is 0 Å². The van der Waals surface area contributed by atoms with E-state index in [4.69, 9.17) is 5.11 Å². The minimum atomic E-state index is -3.70. The fourth-order valence-electron chi connectivity index (χ4n) is 0.784. The van der Waals surface area contributed by atoms with Gasteiger partial charge in [-0.25, -0.2) is 21.9 Å². The van der Waals surface area contributed by atoms with Crippen molar-refractivity contribution < 1.29 is 22.3 Å². The van der Waals surface area contributed by atoms with Crippen molar-refractivity contribution in [1.82, 2.24) is 4.72 Å². The summed E-state index contributed by atoms with van der Waals surface area (Å²) in [5.41, 5.74) is -0.172. The molecule has 98 valence electrons. The molecule has 4 nitrogen and oxygen atoms in total. The average Bonchev–Trinajstić information content (AvgIpc) is 2.12. The van der Waals surface area contributed by atoms with Gasteiger partial charge in [-0.3, -0.25) is 0 Å². The number of aliphatic hydroxyl groups is 1. The highest BCUT2D eigenvalue weighted by Crippen LogP contribution is 2.19. The van der Waals surface area contributed by atoms with Crippen LogP contribution in [-0.2, 0) is 10.0 Å². The molecule has 0 amide bonds. The van der Waals surface area contributed by atoms with Crippen molar-refractivity contribution in [2.75, 3.05) is 18.9 Å². The van der Waals surface area contributed by atoms with E-state index in [9.17, 15) is 17.2 Å². The zero-order valence-corrected chi connectivity index (χ0v) is 10.6. The summed E-state index contributed by atoms with van der Waals surface area (Å²) in [5, 5.41) is 8.27. The van der Waals surface area contributed by atoms with E-state index in [1.165, 1.54) is 0 Å². The summed E-state index contributed by atoms with van der Waals surface area (Å²) in [6, 6.07) is 0. The van der Waals surface area contributed by atoms with Gasteiger partial charge in [0.05, 0.1) is 12.3 Å². The normalized spacial score (nSPS) is 14.1. The van der Waals surface area contributed by atoms with Crippen molar-refractivity contribution in [3.63, 3.8) is 0 Å². The molecule has 0 aromatic carbocycles. The smallest absolute Gasteiger partial charge is 0.283 e. The number of hydrogen-bond acceptors (Lipinski definition) is 3. The Kier molecular flexibility index (Phi) is 5.28. The van der Waals surface area contributed by atoms with Crippen LogP contribution in [0.4, 0.5) is 8.78 Å². The lowest BCUT2D eigenvalue weighted by Crippen LogP contribution is -2.40. The Morgan fingerprint density at radius 1 is 1.25 bits per heavy atom. The van der Waals surface area contributed by atoms with Gasteiger partial charge in [-0.2, -0.15) is 0 Å². The van der Waals surface area contributed by atoms with Gasteiger partial charge in [-0.15, -0.1) is 0 Å². The van der Waals surface area contributed by atoms with Gasteiger partial charge < -0.3 is 5.11 Å². The van der Waals surface area contributed by atoms with Gasteiger partial charge in [0.15, 0.2) is 0 Å². The van der Waals surface area contributed by atoms with Crippen molar-refractivity contribution in [3.05, 3.63) is 0 Å². The lowest BCUT2D eigenvalue weighted by Gasteiger charge is -2.19. The Morgan fingerprint density at radius 3 is 2.12 bits per heavy atom. The first-order valence-corrected chi connectivity index (χ1v) is 6.59. The van der Waals surface area contributed by atoms with E-state index in [1.807, 2.05) is 20.8 Å². The van der Waals surface area contributed by atoms with Gasteiger partial charge in [0, 0.05) is 0 Å². The van der Waals surface area contributed by atoms with Gasteiger partial charge in [0.1, 0.15) is 6.61 Å². The van der Waals surface area contributed by atoms with Gasteiger partial charge in [-0.05, 0) is 11.8 Å². The highest BCUT2D eigenvalue weighted by molar-refractivity contribution is 7.89. The second-order valence-electron chi connectivity index (χ2n) is 4.96. The van der Waals surface area contributed by atoms with Crippen LogP contribution in [0, 0.1) is 5.41 Å². The van der Waals surface area contributed by atoms with E-state index in [0.717, 1.165) is 0 Å². The lowest BCUT2D eigenvalue weighted by atomic mass is 9.94. The molecule has 0 aliphatic carbocycles. The monoisotopic (exact) mass is 259 g/mol. The largest absolute Gasteiger partial charge is 0.390 e. The number of hydrogen-bond donors (Lipinski definition) is 2. The molecule has 0 saturated carbocycles. The molecule has 0 saturated heterocycles. The molecule has 0 aliphatic heterocycles. The maximum absolute atomic E-state index is 12.6. The summed E-state index contributed by atoms with van der Waals surface area (Å²) < 4.78 is 49.6. The predicted octanol–water partition coefficient (Wildman–Crippen LogP) is 0.970. The van der Waals surface area contributed by atoms with Gasteiger partial charge >= 0.3 is 0 Å². The Bertz CT molecular complexity index is 309. The van der Waals surface area contributed by atoms with Crippen LogP contribution in [0.25, 0.3) is 0 Å². The highest BCUT2D eigenvalue weighted by atomic mass is 32.2. The Morgan fingerprint density at radius 2 is 1.75 bits per heavy atom. The minimum Gasteiger partial charge on any atom is -0.390 e. The first kappa shape index (κ1) is 15.7. The topological polar surface area (TPSA) is 66.4 Å². The van der Waals surface area contributed by atoms with Crippen LogP contribution in [0.1, 0.15) is 27.2 Å². The summed E-state index contributed by atoms with van der Waals surface area (Å²) in [4.78, 5) is 0. The molecule has 0 heterocycles. The predicted molar refractivity (Wildman–Crippen MR) is 57.9 cm³/mol. The number of sulfonamides is 1. The molecule has 0 bridgehead atoms. The fourth-order valence-corrected chi connectivity index (χ4v) is 2.24. The fraction of sp³-hybridized carbons (Fsp3) is 1.00. The zero-order valence-electron chi connectivity index (χ0n) is 9.76. The number of rotatable bonds is 6. The molecule has 16 heavy (non-hydrogen) atoms. The molecule has 0 spiro atoms. The summed E-state index contributed by atoms with van der Waals surface area (Å²) in [7, 11) is -3.70. The van der Waals surface area contributed by atoms with Crippen LogP contribution >= 0.6 is 0 Å². The van der Waals surface area contributed by atoms with Crippen LogP contribution < -0.4 is 4.72 Å². The molecule has 0 unspecified atom stereocenters. The molecule has 7 heteroatoms. The van der Waals surface area contributed by atoms with Crippen LogP contribution in [0.3, 0.4) is 0 Å².